The third-order valence-electron chi connectivity index (χ3n) is 1.75. The Morgan fingerprint density at radius 3 is 2.61 bits per heavy atom. The smallest absolute Gasteiger partial charge is 0.481 e. The summed E-state index contributed by atoms with van der Waals surface area (Å²) >= 11 is 7.04. The predicted molar refractivity (Wildman–Crippen MR) is 64.5 cm³/mol. The molecule has 100 valence electrons. The highest BCUT2D eigenvalue weighted by atomic mass is 127. The van der Waals surface area contributed by atoms with Gasteiger partial charge >= 0.3 is 12.3 Å². The van der Waals surface area contributed by atoms with E-state index in [0.29, 0.717) is 0 Å². The molecule has 0 aromatic carbocycles. The first-order chi connectivity index (χ1) is 8.23. The molecule has 0 saturated carbocycles. The molecule has 0 radical (unpaired) electrons. The lowest BCUT2D eigenvalue weighted by Crippen LogP contribution is -2.20. The number of pyridine rings is 1. The van der Waals surface area contributed by atoms with Gasteiger partial charge in [0, 0.05) is 0 Å². The van der Waals surface area contributed by atoms with Crippen molar-refractivity contribution in [2.24, 2.45) is 0 Å². The number of aliphatic carboxylic acids is 1. The molecular formula is C9H6ClF3INO3. The van der Waals surface area contributed by atoms with Crippen molar-refractivity contribution >= 4 is 40.2 Å². The summed E-state index contributed by atoms with van der Waals surface area (Å²) in [6.45, 7) is 0. The third-order valence-corrected chi connectivity index (χ3v) is 3.17. The Morgan fingerprint density at radius 2 is 2.17 bits per heavy atom. The monoisotopic (exact) mass is 395 g/mol. The summed E-state index contributed by atoms with van der Waals surface area (Å²) < 4.78 is 40.1. The van der Waals surface area contributed by atoms with Gasteiger partial charge in [-0.25, -0.2) is 4.98 Å². The minimum atomic E-state index is -4.89. The summed E-state index contributed by atoms with van der Waals surface area (Å²) in [7, 11) is 0. The zero-order valence-electron chi connectivity index (χ0n) is 8.59. The van der Waals surface area contributed by atoms with Crippen molar-refractivity contribution in [3.05, 3.63) is 20.9 Å². The van der Waals surface area contributed by atoms with Gasteiger partial charge in [-0.2, -0.15) is 0 Å². The first-order valence-corrected chi connectivity index (χ1v) is 6.06. The van der Waals surface area contributed by atoms with Gasteiger partial charge < -0.3 is 9.84 Å². The molecule has 0 atom stereocenters. The molecule has 1 aromatic rings. The van der Waals surface area contributed by atoms with Crippen LogP contribution < -0.4 is 4.74 Å². The zero-order valence-corrected chi connectivity index (χ0v) is 11.5. The first kappa shape index (κ1) is 15.3. The molecule has 0 aliphatic carbocycles. The third kappa shape index (κ3) is 4.48. The van der Waals surface area contributed by atoms with Gasteiger partial charge in [0.05, 0.1) is 21.6 Å². The Balaban J connectivity index is 3.20. The van der Waals surface area contributed by atoms with Gasteiger partial charge in [-0.1, -0.05) is 0 Å². The average molecular weight is 396 g/mol. The van der Waals surface area contributed by atoms with E-state index in [2.05, 4.69) is 9.72 Å². The molecule has 0 spiro atoms. The Bertz CT molecular complexity index is 467. The van der Waals surface area contributed by atoms with E-state index in [1.54, 1.807) is 22.6 Å². The summed E-state index contributed by atoms with van der Waals surface area (Å²) in [5.41, 5.74) is 0.292. The standard InChI is InChI=1S/C9H6ClF3INO3/c10-3-5-1-4(2-6(16)17)7(14)8(15-5)18-9(11,12)13/h1H,2-3H2,(H,16,17). The molecule has 1 N–H and O–H groups in total. The van der Waals surface area contributed by atoms with Crippen LogP contribution in [0.2, 0.25) is 0 Å². The maximum absolute atomic E-state index is 12.1. The molecule has 4 nitrogen and oxygen atoms in total. The van der Waals surface area contributed by atoms with Crippen molar-refractivity contribution in [2.45, 2.75) is 18.7 Å². The summed E-state index contributed by atoms with van der Waals surface area (Å²) in [6, 6.07) is 1.34. The summed E-state index contributed by atoms with van der Waals surface area (Å²) in [5.74, 6) is -1.99. The van der Waals surface area contributed by atoms with Crippen LogP contribution in [0.4, 0.5) is 13.2 Å². The maximum atomic E-state index is 12.1. The van der Waals surface area contributed by atoms with Crippen molar-refractivity contribution in [1.82, 2.24) is 4.98 Å². The molecule has 0 saturated heterocycles. The quantitative estimate of drug-likeness (QED) is 0.629. The number of nitrogens with zero attached hydrogens (tertiary/aromatic N) is 1. The summed E-state index contributed by atoms with van der Waals surface area (Å²) in [6.07, 6.45) is -5.32. The molecule has 1 rings (SSSR count). The minimum absolute atomic E-state index is 0.00110. The highest BCUT2D eigenvalue weighted by molar-refractivity contribution is 14.1. The number of aromatic nitrogens is 1. The van der Waals surface area contributed by atoms with Crippen LogP contribution in [0.1, 0.15) is 11.3 Å². The lowest BCUT2D eigenvalue weighted by Gasteiger charge is -2.13. The summed E-state index contributed by atoms with van der Waals surface area (Å²) in [4.78, 5) is 14.2. The fraction of sp³-hybridized carbons (Fsp3) is 0.333. The number of rotatable bonds is 4. The molecule has 1 aromatic heterocycles. The fourth-order valence-corrected chi connectivity index (χ4v) is 1.86. The normalized spacial score (nSPS) is 11.4. The number of hydrogen-bond acceptors (Lipinski definition) is 3. The van der Waals surface area contributed by atoms with Gasteiger partial charge in [0.1, 0.15) is 0 Å². The number of carboxylic acid groups (broad SMARTS) is 1. The van der Waals surface area contributed by atoms with Gasteiger partial charge in [-0.3, -0.25) is 4.79 Å². The molecular weight excluding hydrogens is 389 g/mol. The second-order valence-corrected chi connectivity index (χ2v) is 4.49. The van der Waals surface area contributed by atoms with Crippen LogP contribution in [0.15, 0.2) is 6.07 Å². The van der Waals surface area contributed by atoms with E-state index in [1.807, 2.05) is 0 Å². The van der Waals surface area contributed by atoms with Gasteiger partial charge in [0.25, 0.3) is 0 Å². The Hall–Kier alpha value is -0.770. The van der Waals surface area contributed by atoms with Crippen LogP contribution >= 0.6 is 34.2 Å². The molecule has 0 amide bonds. The highest BCUT2D eigenvalue weighted by Crippen LogP contribution is 2.29. The number of carboxylic acids is 1. The molecule has 18 heavy (non-hydrogen) atoms. The van der Waals surface area contributed by atoms with Crippen LogP contribution in [0.5, 0.6) is 5.88 Å². The molecule has 0 unspecified atom stereocenters. The van der Waals surface area contributed by atoms with Crippen molar-refractivity contribution in [3.8, 4) is 5.88 Å². The topological polar surface area (TPSA) is 59.4 Å². The van der Waals surface area contributed by atoms with Crippen LogP contribution in [0, 0.1) is 3.57 Å². The van der Waals surface area contributed by atoms with Crippen molar-refractivity contribution < 1.29 is 27.8 Å². The van der Waals surface area contributed by atoms with Crippen LogP contribution in [-0.2, 0) is 17.1 Å². The SMILES string of the molecule is O=C(O)Cc1cc(CCl)nc(OC(F)(F)F)c1I. The number of halogens is 5. The molecule has 0 aliphatic rings. The average Bonchev–Trinajstić information content (AvgIpc) is 2.21. The van der Waals surface area contributed by atoms with Crippen LogP contribution in [-0.4, -0.2) is 22.4 Å². The number of alkyl halides is 4. The van der Waals surface area contributed by atoms with Crippen LogP contribution in [0.3, 0.4) is 0 Å². The number of carbonyl (C=O) groups is 1. The van der Waals surface area contributed by atoms with Crippen LogP contribution in [0.25, 0.3) is 0 Å². The van der Waals surface area contributed by atoms with Crippen molar-refractivity contribution in [3.63, 3.8) is 0 Å². The van der Waals surface area contributed by atoms with E-state index in [9.17, 15) is 18.0 Å². The minimum Gasteiger partial charge on any atom is -0.481 e. The zero-order chi connectivity index (χ0) is 13.9. The van der Waals surface area contributed by atoms with E-state index in [1.165, 1.54) is 6.07 Å². The first-order valence-electron chi connectivity index (χ1n) is 4.44. The van der Waals surface area contributed by atoms with Crippen molar-refractivity contribution in [1.29, 1.82) is 0 Å². The van der Waals surface area contributed by atoms with Gasteiger partial charge in [-0.05, 0) is 34.2 Å². The number of ether oxygens (including phenoxy) is 1. The molecule has 1 heterocycles. The molecule has 0 fully saturated rings. The van der Waals surface area contributed by atoms with Crippen molar-refractivity contribution in [2.75, 3.05) is 0 Å². The van der Waals surface area contributed by atoms with E-state index in [-0.39, 0.29) is 20.7 Å². The van der Waals surface area contributed by atoms with Gasteiger partial charge in [0.2, 0.25) is 5.88 Å². The Labute approximate surface area is 118 Å². The number of hydrogen-bond donors (Lipinski definition) is 1. The van der Waals surface area contributed by atoms with Gasteiger partial charge in [0.15, 0.2) is 0 Å². The molecule has 0 bridgehead atoms. The Morgan fingerprint density at radius 1 is 1.56 bits per heavy atom. The molecule has 0 aliphatic heterocycles. The van der Waals surface area contributed by atoms with E-state index >= 15 is 0 Å². The largest absolute Gasteiger partial charge is 0.574 e. The molecule has 9 heteroatoms. The highest BCUT2D eigenvalue weighted by Gasteiger charge is 2.33. The fourth-order valence-electron chi connectivity index (χ4n) is 1.15. The van der Waals surface area contributed by atoms with E-state index in [0.717, 1.165) is 0 Å². The Kier molecular flexibility index (Phi) is 5.02. The predicted octanol–water partition coefficient (Wildman–Crippen LogP) is 2.95. The summed E-state index contributed by atoms with van der Waals surface area (Å²) in [5, 5.41) is 8.66. The maximum Gasteiger partial charge on any atom is 0.574 e. The van der Waals surface area contributed by atoms with E-state index in [4.69, 9.17) is 16.7 Å². The van der Waals surface area contributed by atoms with Gasteiger partial charge in [-0.15, -0.1) is 24.8 Å². The lowest BCUT2D eigenvalue weighted by molar-refractivity contribution is -0.276. The second-order valence-electron chi connectivity index (χ2n) is 3.14. The second kappa shape index (κ2) is 5.91. The lowest BCUT2D eigenvalue weighted by atomic mass is 10.1. The van der Waals surface area contributed by atoms with E-state index < -0.39 is 24.6 Å².